The van der Waals surface area contributed by atoms with Gasteiger partial charge in [0.1, 0.15) is 0 Å². The maximum atomic E-state index is 15.2. The summed E-state index contributed by atoms with van der Waals surface area (Å²) in [5.74, 6) is -0.442. The van der Waals surface area contributed by atoms with E-state index >= 15 is 4.39 Å². The summed E-state index contributed by atoms with van der Waals surface area (Å²) in [6.07, 6.45) is 8.08. The Morgan fingerprint density at radius 1 is 1.12 bits per heavy atom. The van der Waals surface area contributed by atoms with Crippen molar-refractivity contribution in [2.45, 2.75) is 38.9 Å². The molecule has 1 aromatic rings. The van der Waals surface area contributed by atoms with Gasteiger partial charge in [0.25, 0.3) is 10.2 Å². The third kappa shape index (κ3) is 5.06. The number of anilines is 1. The predicted octanol–water partition coefficient (Wildman–Crippen LogP) is 2.09. The molecule has 2 atom stereocenters. The van der Waals surface area contributed by atoms with Crippen molar-refractivity contribution in [2.24, 2.45) is 0 Å². The van der Waals surface area contributed by atoms with Gasteiger partial charge >= 0.3 is 6.03 Å². The first-order valence-corrected chi connectivity index (χ1v) is 12.6. The Morgan fingerprint density at radius 3 is 2.58 bits per heavy atom. The Kier molecular flexibility index (Phi) is 7.03. The number of rotatable bonds is 6. The highest BCUT2D eigenvalue weighted by Crippen LogP contribution is 2.24. The number of benzene rings is 1. The van der Waals surface area contributed by atoms with Crippen molar-refractivity contribution >= 4 is 21.9 Å². The van der Waals surface area contributed by atoms with Crippen LogP contribution in [-0.2, 0) is 16.8 Å². The van der Waals surface area contributed by atoms with Crippen LogP contribution < -0.4 is 10.9 Å². The first-order chi connectivity index (χ1) is 15.8. The first kappa shape index (κ1) is 23.7. The van der Waals surface area contributed by atoms with Crippen LogP contribution in [0.15, 0.2) is 42.6 Å². The Morgan fingerprint density at radius 2 is 1.91 bits per heavy atom. The Bertz CT molecular complexity index is 1040. The highest BCUT2D eigenvalue weighted by Gasteiger charge is 2.37. The number of carbonyl (C=O) groups is 1. The minimum atomic E-state index is -3.40. The van der Waals surface area contributed by atoms with E-state index in [0.717, 1.165) is 6.42 Å². The van der Waals surface area contributed by atoms with E-state index in [1.165, 1.54) is 13.5 Å². The van der Waals surface area contributed by atoms with Crippen molar-refractivity contribution in [1.29, 1.82) is 0 Å². The molecular weight excluding hydrogens is 447 g/mol. The number of hydrogen-bond acceptors (Lipinski definition) is 5. The summed E-state index contributed by atoms with van der Waals surface area (Å²) in [6, 6.07) is 4.47. The molecule has 33 heavy (non-hydrogen) atoms. The highest BCUT2D eigenvalue weighted by molar-refractivity contribution is 7.86. The van der Waals surface area contributed by atoms with Crippen LogP contribution in [0.25, 0.3) is 0 Å². The molecule has 3 aliphatic heterocycles. The summed E-state index contributed by atoms with van der Waals surface area (Å²) in [5.41, 5.74) is 5.89. The molecule has 11 heteroatoms. The molecule has 180 valence electrons. The number of urea groups is 1. The van der Waals surface area contributed by atoms with Crippen LogP contribution in [0.1, 0.15) is 25.8 Å². The number of nitrogens with one attached hydrogen (secondary N) is 2. The molecular formula is C22H31FN6O3S. The minimum Gasteiger partial charge on any atom is -0.294 e. The fourth-order valence-corrected chi connectivity index (χ4v) is 5.90. The van der Waals surface area contributed by atoms with Gasteiger partial charge in [-0.15, -0.1) is 0 Å². The van der Waals surface area contributed by atoms with E-state index in [0.29, 0.717) is 44.8 Å². The van der Waals surface area contributed by atoms with Gasteiger partial charge in [-0.3, -0.25) is 20.7 Å². The van der Waals surface area contributed by atoms with Crippen molar-refractivity contribution in [3.05, 3.63) is 54.0 Å². The smallest absolute Gasteiger partial charge is 0.294 e. The van der Waals surface area contributed by atoms with E-state index in [9.17, 15) is 13.2 Å². The van der Waals surface area contributed by atoms with Gasteiger partial charge in [0.15, 0.2) is 5.82 Å². The van der Waals surface area contributed by atoms with Gasteiger partial charge in [0, 0.05) is 57.1 Å². The number of amides is 2. The Hall–Kier alpha value is -2.47. The predicted molar refractivity (Wildman–Crippen MR) is 125 cm³/mol. The van der Waals surface area contributed by atoms with E-state index in [1.54, 1.807) is 30.5 Å². The highest BCUT2D eigenvalue weighted by atomic mass is 32.2. The maximum absolute atomic E-state index is 15.2. The van der Waals surface area contributed by atoms with Gasteiger partial charge in [-0.25, -0.2) is 9.18 Å². The number of nitrogens with zero attached hydrogens (tertiary/aromatic N) is 4. The molecule has 0 radical (unpaired) electrons. The van der Waals surface area contributed by atoms with Crippen molar-refractivity contribution < 1.29 is 17.6 Å². The molecule has 1 aromatic carbocycles. The quantitative estimate of drug-likeness (QED) is 0.612. The average Bonchev–Trinajstić information content (AvgIpc) is 2.74. The lowest BCUT2D eigenvalue weighted by Crippen LogP contribution is -2.58. The summed E-state index contributed by atoms with van der Waals surface area (Å²) in [6.45, 7) is 6.65. The Balaban J connectivity index is 1.35. The maximum Gasteiger partial charge on any atom is 0.340 e. The molecule has 0 aliphatic carbocycles. The molecule has 2 amide bonds. The van der Waals surface area contributed by atoms with Crippen LogP contribution >= 0.6 is 0 Å². The van der Waals surface area contributed by atoms with Gasteiger partial charge in [-0.1, -0.05) is 24.3 Å². The second-order valence-corrected chi connectivity index (χ2v) is 10.6. The van der Waals surface area contributed by atoms with E-state index in [1.807, 2.05) is 26.0 Å². The third-order valence-electron chi connectivity index (χ3n) is 6.37. The van der Waals surface area contributed by atoms with Crippen LogP contribution in [0.4, 0.5) is 14.9 Å². The molecule has 2 N–H and O–H groups in total. The topological polar surface area (TPSA) is 88.2 Å². The summed E-state index contributed by atoms with van der Waals surface area (Å²) in [4.78, 5) is 16.0. The number of hydrogen-bond donors (Lipinski definition) is 2. The summed E-state index contributed by atoms with van der Waals surface area (Å²) < 4.78 is 43.5. The van der Waals surface area contributed by atoms with E-state index in [-0.39, 0.29) is 23.8 Å². The van der Waals surface area contributed by atoms with Gasteiger partial charge in [-0.05, 0) is 32.4 Å². The van der Waals surface area contributed by atoms with Crippen molar-refractivity contribution in [3.8, 4) is 0 Å². The SMILES string of the molecule is CC1C=CC=CN1C(=O)NNc1cccc(CN2CCN(S(=O)(=O)N3CCC3)C[C@@H]2C)c1F. The largest absolute Gasteiger partial charge is 0.340 e. The van der Waals surface area contributed by atoms with E-state index in [4.69, 9.17) is 0 Å². The standard InChI is InChI=1S/C22H31FN6O3S/c1-17-7-3-4-12-29(17)22(30)25-24-20-9-5-8-19(21(20)23)16-26-13-14-28(15-18(26)2)33(31,32)27-10-6-11-27/h3-5,7-9,12,17-18,24H,6,10-11,13-16H2,1-2H3,(H,25,30)/t17?,18-/m0/s1. The lowest BCUT2D eigenvalue weighted by atomic mass is 10.1. The van der Waals surface area contributed by atoms with Gasteiger partial charge in [0.05, 0.1) is 11.7 Å². The monoisotopic (exact) mass is 478 g/mol. The second-order valence-electron chi connectivity index (χ2n) is 8.65. The first-order valence-electron chi connectivity index (χ1n) is 11.2. The zero-order valence-electron chi connectivity index (χ0n) is 18.9. The molecule has 0 aromatic heterocycles. The number of hydrazine groups is 1. The van der Waals surface area contributed by atoms with Crippen LogP contribution in [0.5, 0.6) is 0 Å². The number of carbonyl (C=O) groups excluding carboxylic acids is 1. The fraction of sp³-hybridized carbons (Fsp3) is 0.500. The number of allylic oxidation sites excluding steroid dienone is 2. The van der Waals surface area contributed by atoms with E-state index < -0.39 is 16.0 Å². The molecule has 0 spiro atoms. The normalized spacial score (nSPS) is 24.5. The summed E-state index contributed by atoms with van der Waals surface area (Å²) in [5, 5.41) is 0. The van der Waals surface area contributed by atoms with Crippen LogP contribution in [0.2, 0.25) is 0 Å². The molecule has 0 bridgehead atoms. The number of piperazine rings is 1. The second kappa shape index (κ2) is 9.80. The molecule has 4 rings (SSSR count). The molecule has 0 saturated carbocycles. The number of halogens is 1. The van der Waals surface area contributed by atoms with Crippen molar-refractivity contribution in [1.82, 2.24) is 23.8 Å². The zero-order chi connectivity index (χ0) is 23.6. The fourth-order valence-electron chi connectivity index (χ4n) is 4.14. The van der Waals surface area contributed by atoms with Crippen LogP contribution in [0, 0.1) is 5.82 Å². The van der Waals surface area contributed by atoms with E-state index in [2.05, 4.69) is 15.8 Å². The molecule has 9 nitrogen and oxygen atoms in total. The molecule has 1 unspecified atom stereocenters. The van der Waals surface area contributed by atoms with Gasteiger partial charge in [-0.2, -0.15) is 17.0 Å². The van der Waals surface area contributed by atoms with Crippen molar-refractivity contribution in [3.63, 3.8) is 0 Å². The minimum absolute atomic E-state index is 0.0500. The average molecular weight is 479 g/mol. The molecule has 2 saturated heterocycles. The lowest BCUT2D eigenvalue weighted by molar-refractivity contribution is 0.114. The molecule has 3 heterocycles. The van der Waals surface area contributed by atoms with Crippen molar-refractivity contribution in [2.75, 3.05) is 38.1 Å². The lowest BCUT2D eigenvalue weighted by Gasteiger charge is -2.42. The third-order valence-corrected chi connectivity index (χ3v) is 8.37. The Labute approximate surface area is 194 Å². The van der Waals surface area contributed by atoms with Gasteiger partial charge < -0.3 is 0 Å². The summed E-state index contributed by atoms with van der Waals surface area (Å²) in [7, 11) is -3.40. The van der Waals surface area contributed by atoms with Crippen LogP contribution in [-0.4, -0.2) is 77.7 Å². The van der Waals surface area contributed by atoms with Crippen LogP contribution in [0.3, 0.4) is 0 Å². The zero-order valence-corrected chi connectivity index (χ0v) is 19.8. The summed E-state index contributed by atoms with van der Waals surface area (Å²) >= 11 is 0. The molecule has 3 aliphatic rings. The molecule has 2 fully saturated rings. The van der Waals surface area contributed by atoms with Gasteiger partial charge in [0.2, 0.25) is 0 Å².